The van der Waals surface area contributed by atoms with Crippen molar-refractivity contribution < 1.29 is 22.7 Å². The van der Waals surface area contributed by atoms with Crippen LogP contribution in [0.5, 0.6) is 5.75 Å². The molecule has 3 aromatic rings. The van der Waals surface area contributed by atoms with E-state index in [-0.39, 0.29) is 23.8 Å². The van der Waals surface area contributed by atoms with Gasteiger partial charge in [-0.25, -0.2) is 8.42 Å². The monoisotopic (exact) mass is 586 g/mol. The average Bonchev–Trinajstić information content (AvgIpc) is 3.32. The summed E-state index contributed by atoms with van der Waals surface area (Å²) < 4.78 is 42.5. The van der Waals surface area contributed by atoms with Crippen molar-refractivity contribution in [2.24, 2.45) is 0 Å². The zero-order chi connectivity index (χ0) is 29.1. The summed E-state index contributed by atoms with van der Waals surface area (Å²) in [6, 6.07) is 25.6. The van der Waals surface area contributed by atoms with Crippen molar-refractivity contribution in [3.63, 3.8) is 0 Å². The Bertz CT molecular complexity index is 1600. The highest BCUT2D eigenvalue weighted by molar-refractivity contribution is 7.88. The number of likely N-dealkylation sites (N-methyl/N-ethyl adjacent to an activating group) is 1. The van der Waals surface area contributed by atoms with Crippen molar-refractivity contribution in [2.45, 2.75) is 74.0 Å². The van der Waals surface area contributed by atoms with E-state index < -0.39 is 27.1 Å². The van der Waals surface area contributed by atoms with Gasteiger partial charge in [-0.1, -0.05) is 72.8 Å². The molecular formula is C34H38N2O5S. The van der Waals surface area contributed by atoms with Gasteiger partial charge in [0.1, 0.15) is 17.5 Å². The molecule has 0 radical (unpaired) electrons. The third kappa shape index (κ3) is 4.13. The Kier molecular flexibility index (Phi) is 6.72. The highest BCUT2D eigenvalue weighted by atomic mass is 32.2. The molecule has 8 heteroatoms. The lowest BCUT2D eigenvalue weighted by atomic mass is 9.48. The molecular weight excluding hydrogens is 548 g/mol. The number of nitrogens with zero attached hydrogens (tertiary/aromatic N) is 2. The first kappa shape index (κ1) is 27.6. The number of rotatable bonds is 8. The summed E-state index contributed by atoms with van der Waals surface area (Å²) in [4.78, 5) is 15.4. The van der Waals surface area contributed by atoms with Crippen LogP contribution in [0, 0.1) is 0 Å². The predicted molar refractivity (Wildman–Crippen MR) is 161 cm³/mol. The topological polar surface area (TPSA) is 76.1 Å². The van der Waals surface area contributed by atoms with E-state index in [1.165, 1.54) is 18.1 Å². The third-order valence-electron chi connectivity index (χ3n) is 10.4. The quantitative estimate of drug-likeness (QED) is 0.363. The molecule has 5 atom stereocenters. The number of carbonyl (C=O) groups excluding carboxylic acids is 1. The second-order valence-corrected chi connectivity index (χ2v) is 14.4. The first-order valence-electron chi connectivity index (χ1n) is 15.0. The number of hydrogen-bond acceptors (Lipinski definition) is 6. The summed E-state index contributed by atoms with van der Waals surface area (Å²) in [5, 5.41) is 0. The first-order chi connectivity index (χ1) is 20.2. The number of sulfonamides is 1. The molecule has 0 unspecified atom stereocenters. The lowest BCUT2D eigenvalue weighted by Crippen LogP contribution is -2.79. The van der Waals surface area contributed by atoms with Gasteiger partial charge in [0.2, 0.25) is 10.0 Å². The number of esters is 1. The number of ether oxygens (including phenoxy) is 2. The minimum Gasteiger partial charge on any atom is -0.487 e. The van der Waals surface area contributed by atoms with Crippen LogP contribution in [-0.4, -0.2) is 67.5 Å². The van der Waals surface area contributed by atoms with Crippen LogP contribution in [0.1, 0.15) is 48.4 Å². The van der Waals surface area contributed by atoms with Crippen LogP contribution in [-0.2, 0) is 43.6 Å². The van der Waals surface area contributed by atoms with Crippen molar-refractivity contribution >= 4 is 16.0 Å². The summed E-state index contributed by atoms with van der Waals surface area (Å²) in [6.45, 7) is 3.20. The van der Waals surface area contributed by atoms with Gasteiger partial charge in [0.05, 0.1) is 23.3 Å². The summed E-state index contributed by atoms with van der Waals surface area (Å²) >= 11 is 0. The van der Waals surface area contributed by atoms with E-state index in [2.05, 4.69) is 35.2 Å². The molecule has 2 fully saturated rings. The molecule has 0 N–H and O–H groups in total. The Morgan fingerprint density at radius 1 is 1.00 bits per heavy atom. The molecule has 2 bridgehead atoms. The maximum atomic E-state index is 13.8. The summed E-state index contributed by atoms with van der Waals surface area (Å²) in [5.74, 6) is 0.453. The van der Waals surface area contributed by atoms with Crippen LogP contribution in [0.2, 0.25) is 0 Å². The highest BCUT2D eigenvalue weighted by Gasteiger charge is 2.75. The van der Waals surface area contributed by atoms with E-state index in [0.29, 0.717) is 12.8 Å². The van der Waals surface area contributed by atoms with E-state index in [4.69, 9.17) is 9.47 Å². The van der Waals surface area contributed by atoms with Gasteiger partial charge < -0.3 is 9.47 Å². The van der Waals surface area contributed by atoms with E-state index >= 15 is 0 Å². The smallest absolute Gasteiger partial charge is 0.303 e. The fraction of sp³-hybridized carbons (Fsp3) is 0.441. The Morgan fingerprint density at radius 3 is 2.43 bits per heavy atom. The second-order valence-electron chi connectivity index (χ2n) is 12.4. The molecule has 4 aliphatic rings. The third-order valence-corrected chi connectivity index (χ3v) is 12.2. The Balaban J connectivity index is 1.29. The van der Waals surface area contributed by atoms with Gasteiger partial charge >= 0.3 is 5.97 Å². The number of hydrogen-bond donors (Lipinski definition) is 0. The van der Waals surface area contributed by atoms with Crippen LogP contribution < -0.4 is 4.74 Å². The minimum atomic E-state index is -3.64. The van der Waals surface area contributed by atoms with Gasteiger partial charge in [-0.15, -0.1) is 0 Å². The van der Waals surface area contributed by atoms with Crippen LogP contribution in [0.4, 0.5) is 0 Å². The second kappa shape index (κ2) is 10.2. The maximum Gasteiger partial charge on any atom is 0.303 e. The molecule has 0 amide bonds. The van der Waals surface area contributed by atoms with Gasteiger partial charge in [0, 0.05) is 26.1 Å². The maximum absolute atomic E-state index is 13.8. The van der Waals surface area contributed by atoms with Crippen molar-refractivity contribution in [3.05, 3.63) is 101 Å². The first-order valence-corrected chi connectivity index (χ1v) is 16.6. The Hall–Kier alpha value is -3.20. The molecule has 1 saturated heterocycles. The number of carbonyl (C=O) groups is 1. The standard InChI is InChI=1S/C34H38N2O5S/c1-24(37)41-34-18-16-28(35(2)42(38,39)23-26-12-7-4-8-13-26)32-33(34)19-21-36(20-17-25-10-5-3-6-11-25)30(34)22-27-14-9-15-29(40-32)31(27)33/h3-15,28,30,32H,16-23H2,1-2H3/t28-,30-,32+,33+,34-/m1/s1. The van der Waals surface area contributed by atoms with Gasteiger partial charge in [-0.3, -0.25) is 9.69 Å². The number of piperidine rings is 1. The molecule has 3 aromatic carbocycles. The Morgan fingerprint density at radius 2 is 1.71 bits per heavy atom. The zero-order valence-electron chi connectivity index (χ0n) is 24.2. The van der Waals surface area contributed by atoms with Gasteiger partial charge in [0.25, 0.3) is 0 Å². The molecule has 2 aliphatic heterocycles. The van der Waals surface area contributed by atoms with Crippen LogP contribution in [0.25, 0.3) is 0 Å². The molecule has 2 heterocycles. The van der Waals surface area contributed by atoms with Crippen molar-refractivity contribution in [1.82, 2.24) is 9.21 Å². The molecule has 7 nitrogen and oxygen atoms in total. The van der Waals surface area contributed by atoms with Crippen molar-refractivity contribution in [3.8, 4) is 5.75 Å². The fourth-order valence-corrected chi connectivity index (χ4v) is 10.1. The molecule has 1 saturated carbocycles. The van der Waals surface area contributed by atoms with Gasteiger partial charge in [-0.05, 0) is 61.4 Å². The summed E-state index contributed by atoms with van der Waals surface area (Å²) in [6.07, 6.45) is 3.12. The number of likely N-dealkylation sites (tertiary alicyclic amines) is 1. The molecule has 42 heavy (non-hydrogen) atoms. The van der Waals surface area contributed by atoms with Crippen LogP contribution in [0.15, 0.2) is 78.9 Å². The minimum absolute atomic E-state index is 0.0157. The van der Waals surface area contributed by atoms with Gasteiger partial charge in [0.15, 0.2) is 0 Å². The molecule has 0 aromatic heterocycles. The Labute approximate surface area is 248 Å². The normalized spacial score (nSPS) is 29.5. The summed E-state index contributed by atoms with van der Waals surface area (Å²) in [5.41, 5.74) is 3.00. The van der Waals surface area contributed by atoms with E-state index in [0.717, 1.165) is 49.2 Å². The average molecular weight is 587 g/mol. The van der Waals surface area contributed by atoms with Crippen molar-refractivity contribution in [1.29, 1.82) is 0 Å². The highest BCUT2D eigenvalue weighted by Crippen LogP contribution is 2.65. The molecule has 1 spiro atoms. The molecule has 7 rings (SSSR count). The van der Waals surface area contributed by atoms with E-state index in [1.54, 1.807) is 11.4 Å². The largest absolute Gasteiger partial charge is 0.487 e. The lowest BCUT2D eigenvalue weighted by Gasteiger charge is -2.65. The fourth-order valence-electron chi connectivity index (χ4n) is 8.66. The summed E-state index contributed by atoms with van der Waals surface area (Å²) in [7, 11) is -1.94. The number of benzene rings is 3. The predicted octanol–water partition coefficient (Wildman–Crippen LogP) is 4.48. The van der Waals surface area contributed by atoms with E-state index in [1.807, 2.05) is 48.5 Å². The van der Waals surface area contributed by atoms with E-state index in [9.17, 15) is 13.2 Å². The van der Waals surface area contributed by atoms with Gasteiger partial charge in [-0.2, -0.15) is 4.31 Å². The van der Waals surface area contributed by atoms with Crippen LogP contribution in [0.3, 0.4) is 0 Å². The van der Waals surface area contributed by atoms with Crippen molar-refractivity contribution in [2.75, 3.05) is 20.1 Å². The van der Waals surface area contributed by atoms with Crippen LogP contribution >= 0.6 is 0 Å². The molecule has 220 valence electrons. The zero-order valence-corrected chi connectivity index (χ0v) is 25.1. The SMILES string of the molecule is CC(=O)O[C@@]12CC[C@@H](N(C)S(=O)(=O)Cc3ccccc3)[C@@H]3Oc4cccc5c4[C@@]31CCN(CCc1ccccc1)[C@@H]2C5. The lowest BCUT2D eigenvalue weighted by molar-refractivity contribution is -0.221. The molecule has 2 aliphatic carbocycles.